The van der Waals surface area contributed by atoms with E-state index in [1.165, 1.54) is 18.2 Å². The Morgan fingerprint density at radius 1 is 0.643 bits per heavy atom. The predicted octanol–water partition coefficient (Wildman–Crippen LogP) is 6.45. The summed E-state index contributed by atoms with van der Waals surface area (Å²) in [6.45, 7) is 0. The second-order valence-corrected chi connectivity index (χ2v) is 5.89. The molecule has 1 heterocycles. The van der Waals surface area contributed by atoms with Crippen LogP contribution in [0.1, 0.15) is 5.69 Å². The highest BCUT2D eigenvalue weighted by Gasteiger charge is 2.82. The molecule has 0 unspecified atom stereocenters. The van der Waals surface area contributed by atoms with E-state index < -0.39 is 40.8 Å². The van der Waals surface area contributed by atoms with Crippen molar-refractivity contribution in [1.29, 1.82) is 0 Å². The SMILES string of the molecule is Fc1ccc2c(c1)c(C(F)(F)C(F)(F)C(F)(F)C(F)(F)F)nc1ccccc12. The minimum absolute atomic E-state index is 0.0861. The Bertz CT molecular complexity index is 1050. The van der Waals surface area contributed by atoms with Crippen molar-refractivity contribution in [2.45, 2.75) is 23.9 Å². The molecule has 0 saturated heterocycles. The van der Waals surface area contributed by atoms with Crippen LogP contribution in [0.5, 0.6) is 0 Å². The zero-order chi connectivity index (χ0) is 21.1. The van der Waals surface area contributed by atoms with Crippen molar-refractivity contribution >= 4 is 21.7 Å². The van der Waals surface area contributed by atoms with Gasteiger partial charge in [0.05, 0.1) is 5.52 Å². The van der Waals surface area contributed by atoms with Crippen molar-refractivity contribution in [3.63, 3.8) is 0 Å². The van der Waals surface area contributed by atoms with E-state index in [0.29, 0.717) is 6.07 Å². The van der Waals surface area contributed by atoms with Crippen LogP contribution >= 0.6 is 0 Å². The number of alkyl halides is 9. The molecule has 0 amide bonds. The molecule has 11 heteroatoms. The van der Waals surface area contributed by atoms with Gasteiger partial charge in [-0.1, -0.05) is 24.3 Å². The lowest BCUT2D eigenvalue weighted by atomic mass is 9.95. The number of rotatable bonds is 3. The Morgan fingerprint density at radius 3 is 1.86 bits per heavy atom. The summed E-state index contributed by atoms with van der Waals surface area (Å²) in [6.07, 6.45) is -6.96. The first kappa shape index (κ1) is 20.2. The van der Waals surface area contributed by atoms with Gasteiger partial charge in [0.15, 0.2) is 0 Å². The summed E-state index contributed by atoms with van der Waals surface area (Å²) in [5, 5.41) is -1.20. The molecule has 0 aliphatic rings. The second kappa shape index (κ2) is 5.95. The first-order valence-corrected chi connectivity index (χ1v) is 7.40. The molecule has 1 nitrogen and oxygen atoms in total. The summed E-state index contributed by atoms with van der Waals surface area (Å²) in [5.41, 5.74) is -2.46. The number of hydrogen-bond donors (Lipinski definition) is 0. The molecule has 0 aliphatic heterocycles. The molecule has 0 aliphatic carbocycles. The molecule has 0 N–H and O–H groups in total. The lowest BCUT2D eigenvalue weighted by Crippen LogP contribution is -2.59. The molecule has 150 valence electrons. The van der Waals surface area contributed by atoms with Crippen LogP contribution in [-0.4, -0.2) is 23.0 Å². The fraction of sp³-hybridized carbons (Fsp3) is 0.235. The molecule has 2 aromatic carbocycles. The van der Waals surface area contributed by atoms with E-state index in [2.05, 4.69) is 4.98 Å². The third kappa shape index (κ3) is 2.67. The van der Waals surface area contributed by atoms with Crippen LogP contribution in [0.15, 0.2) is 42.5 Å². The summed E-state index contributed by atoms with van der Waals surface area (Å²) in [6, 6.07) is 7.07. The lowest BCUT2D eigenvalue weighted by Gasteiger charge is -2.33. The second-order valence-electron chi connectivity index (χ2n) is 5.89. The third-order valence-electron chi connectivity index (χ3n) is 4.11. The molecule has 3 rings (SSSR count). The lowest BCUT2D eigenvalue weighted by molar-refractivity contribution is -0.399. The fourth-order valence-corrected chi connectivity index (χ4v) is 2.69. The van der Waals surface area contributed by atoms with E-state index in [0.717, 1.165) is 18.2 Å². The highest BCUT2D eigenvalue weighted by molar-refractivity contribution is 6.06. The molecular formula is C17H7F10N. The van der Waals surface area contributed by atoms with Crippen LogP contribution < -0.4 is 0 Å². The van der Waals surface area contributed by atoms with E-state index in [1.807, 2.05) is 0 Å². The van der Waals surface area contributed by atoms with Gasteiger partial charge in [-0.15, -0.1) is 0 Å². The molecule has 28 heavy (non-hydrogen) atoms. The Morgan fingerprint density at radius 2 is 1.25 bits per heavy atom. The summed E-state index contributed by atoms with van der Waals surface area (Å²) in [4.78, 5) is 3.18. The number of pyridine rings is 1. The van der Waals surface area contributed by atoms with Crippen LogP contribution in [0.2, 0.25) is 0 Å². The van der Waals surface area contributed by atoms with Gasteiger partial charge in [-0.2, -0.15) is 39.5 Å². The van der Waals surface area contributed by atoms with Crippen LogP contribution in [-0.2, 0) is 5.92 Å². The Kier molecular flexibility index (Phi) is 4.28. The van der Waals surface area contributed by atoms with Crippen molar-refractivity contribution in [2.75, 3.05) is 0 Å². The van der Waals surface area contributed by atoms with E-state index in [-0.39, 0.29) is 16.3 Å². The van der Waals surface area contributed by atoms with Crippen molar-refractivity contribution in [2.24, 2.45) is 0 Å². The summed E-state index contributed by atoms with van der Waals surface area (Å²) < 4.78 is 134. The van der Waals surface area contributed by atoms with Crippen LogP contribution in [0.4, 0.5) is 43.9 Å². The number of nitrogens with zero attached hydrogens (tertiary/aromatic N) is 1. The van der Waals surface area contributed by atoms with Crippen molar-refractivity contribution in [3.05, 3.63) is 54.0 Å². The average Bonchev–Trinajstić information content (AvgIpc) is 2.59. The number of para-hydroxylation sites is 1. The molecular weight excluding hydrogens is 408 g/mol. The largest absolute Gasteiger partial charge is 0.460 e. The Balaban J connectivity index is 2.39. The minimum Gasteiger partial charge on any atom is -0.246 e. The first-order chi connectivity index (χ1) is 12.7. The van der Waals surface area contributed by atoms with E-state index in [1.54, 1.807) is 0 Å². The Labute approximate surface area is 149 Å². The monoisotopic (exact) mass is 415 g/mol. The third-order valence-corrected chi connectivity index (χ3v) is 4.11. The molecule has 0 radical (unpaired) electrons. The topological polar surface area (TPSA) is 12.9 Å². The van der Waals surface area contributed by atoms with E-state index >= 15 is 0 Å². The number of hydrogen-bond acceptors (Lipinski definition) is 1. The standard InChI is InChI=1S/C17H7F10N/c18-8-5-6-9-10-3-1-2-4-12(10)28-13(11(9)7-8)14(19,20)15(21,22)16(23,24)17(25,26)27/h1-7H. The molecule has 0 spiro atoms. The predicted molar refractivity (Wildman–Crippen MR) is 79.1 cm³/mol. The number of benzene rings is 2. The fourth-order valence-electron chi connectivity index (χ4n) is 2.69. The van der Waals surface area contributed by atoms with Crippen molar-refractivity contribution in [1.82, 2.24) is 4.98 Å². The van der Waals surface area contributed by atoms with E-state index in [9.17, 15) is 43.9 Å². The molecule has 1 aromatic heterocycles. The molecule has 0 saturated carbocycles. The van der Waals surface area contributed by atoms with Crippen LogP contribution in [0.25, 0.3) is 21.7 Å². The number of fused-ring (bicyclic) bond motifs is 3. The molecule has 0 bridgehead atoms. The first-order valence-electron chi connectivity index (χ1n) is 7.40. The van der Waals surface area contributed by atoms with Gasteiger partial charge in [-0.3, -0.25) is 0 Å². The van der Waals surface area contributed by atoms with Crippen molar-refractivity contribution < 1.29 is 43.9 Å². The summed E-state index contributed by atoms with van der Waals surface area (Å²) in [7, 11) is 0. The van der Waals surface area contributed by atoms with Crippen LogP contribution in [0.3, 0.4) is 0 Å². The molecule has 0 fully saturated rings. The zero-order valence-electron chi connectivity index (χ0n) is 13.3. The van der Waals surface area contributed by atoms with Gasteiger partial charge < -0.3 is 0 Å². The maximum absolute atomic E-state index is 14.4. The van der Waals surface area contributed by atoms with Gasteiger partial charge in [-0.25, -0.2) is 9.37 Å². The summed E-state index contributed by atoms with van der Waals surface area (Å²) in [5.74, 6) is -21.3. The number of aromatic nitrogens is 1. The molecule has 0 atom stereocenters. The maximum atomic E-state index is 14.4. The van der Waals surface area contributed by atoms with Gasteiger partial charge in [-0.05, 0) is 23.6 Å². The quantitative estimate of drug-likeness (QED) is 0.354. The Hall–Kier alpha value is -2.59. The summed E-state index contributed by atoms with van der Waals surface area (Å²) >= 11 is 0. The maximum Gasteiger partial charge on any atom is 0.460 e. The highest BCUT2D eigenvalue weighted by Crippen LogP contribution is 2.57. The van der Waals surface area contributed by atoms with Gasteiger partial charge in [0.1, 0.15) is 11.5 Å². The van der Waals surface area contributed by atoms with Crippen LogP contribution in [0, 0.1) is 5.82 Å². The van der Waals surface area contributed by atoms with Gasteiger partial charge >= 0.3 is 23.9 Å². The van der Waals surface area contributed by atoms with Gasteiger partial charge in [0.2, 0.25) is 0 Å². The zero-order valence-corrected chi connectivity index (χ0v) is 13.3. The highest BCUT2D eigenvalue weighted by atomic mass is 19.4. The van der Waals surface area contributed by atoms with E-state index in [4.69, 9.17) is 0 Å². The van der Waals surface area contributed by atoms with Crippen molar-refractivity contribution in [3.8, 4) is 0 Å². The van der Waals surface area contributed by atoms with Gasteiger partial charge in [0, 0.05) is 10.8 Å². The average molecular weight is 415 g/mol. The van der Waals surface area contributed by atoms with Gasteiger partial charge in [0.25, 0.3) is 0 Å². The minimum atomic E-state index is -7.07. The number of halogens is 10. The molecule has 3 aromatic rings. The smallest absolute Gasteiger partial charge is 0.246 e. The normalized spacial score (nSPS) is 14.1.